The van der Waals surface area contributed by atoms with E-state index in [1.807, 2.05) is 0 Å². The molecule has 2 rings (SSSR count). The topological polar surface area (TPSA) is 80.4 Å². The van der Waals surface area contributed by atoms with Gasteiger partial charge in [0.05, 0.1) is 5.92 Å². The summed E-state index contributed by atoms with van der Waals surface area (Å²) in [6.07, 6.45) is 0. The minimum Gasteiger partial charge on any atom is -0.481 e. The van der Waals surface area contributed by atoms with E-state index in [-0.39, 0.29) is 22.1 Å². The van der Waals surface area contributed by atoms with Gasteiger partial charge in [0.2, 0.25) is 0 Å². The number of carboxylic acid groups (broad SMARTS) is 1. The molecule has 1 atom stereocenters. The molecule has 0 saturated carbocycles. The van der Waals surface area contributed by atoms with Gasteiger partial charge in [-0.1, -0.05) is 23.2 Å². The molecule has 6 heteroatoms. The van der Waals surface area contributed by atoms with Crippen LogP contribution < -0.4 is 5.73 Å². The predicted octanol–water partition coefficient (Wildman–Crippen LogP) is 3.99. The first kappa shape index (κ1) is 16.3. The lowest BCUT2D eigenvalue weighted by Crippen LogP contribution is -2.13. The van der Waals surface area contributed by atoms with Crippen LogP contribution in [0, 0.1) is 0 Å². The average Bonchev–Trinajstić information content (AvgIpc) is 2.48. The van der Waals surface area contributed by atoms with Crippen LogP contribution in [0.5, 0.6) is 0 Å². The van der Waals surface area contributed by atoms with E-state index in [0.29, 0.717) is 16.1 Å². The van der Waals surface area contributed by atoms with E-state index in [0.717, 1.165) is 0 Å². The summed E-state index contributed by atoms with van der Waals surface area (Å²) in [4.78, 5) is 23.7. The highest BCUT2D eigenvalue weighted by atomic mass is 35.5. The second-order valence-electron chi connectivity index (χ2n) is 4.85. The standard InChI is InChI=1S/C16H13Cl2NO3/c1-8(16(21)22)12-6-11(18)7-13(14(12)19)15(20)9-2-4-10(17)5-3-9/h2-8H,19H2,1H3,(H,21,22). The highest BCUT2D eigenvalue weighted by molar-refractivity contribution is 6.32. The number of nitrogen functional groups attached to an aromatic ring is 1. The quantitative estimate of drug-likeness (QED) is 0.652. The van der Waals surface area contributed by atoms with E-state index in [4.69, 9.17) is 34.0 Å². The van der Waals surface area contributed by atoms with Crippen molar-refractivity contribution < 1.29 is 14.7 Å². The van der Waals surface area contributed by atoms with Crippen molar-refractivity contribution in [3.63, 3.8) is 0 Å². The Labute approximate surface area is 137 Å². The second-order valence-corrected chi connectivity index (χ2v) is 5.73. The molecule has 0 aliphatic carbocycles. The van der Waals surface area contributed by atoms with Gasteiger partial charge in [-0.05, 0) is 48.9 Å². The van der Waals surface area contributed by atoms with Crippen molar-refractivity contribution in [2.45, 2.75) is 12.8 Å². The summed E-state index contributed by atoms with van der Waals surface area (Å²) in [7, 11) is 0. The highest BCUT2D eigenvalue weighted by Crippen LogP contribution is 2.31. The van der Waals surface area contributed by atoms with Crippen LogP contribution in [-0.2, 0) is 4.79 Å². The first-order chi connectivity index (χ1) is 10.3. The number of halogens is 2. The van der Waals surface area contributed by atoms with Gasteiger partial charge in [-0.2, -0.15) is 0 Å². The minimum absolute atomic E-state index is 0.124. The Morgan fingerprint density at radius 2 is 1.68 bits per heavy atom. The molecule has 1 unspecified atom stereocenters. The zero-order valence-corrected chi connectivity index (χ0v) is 13.2. The fourth-order valence-corrected chi connectivity index (χ4v) is 2.43. The molecule has 0 bridgehead atoms. The number of aliphatic carboxylic acids is 1. The summed E-state index contributed by atoms with van der Waals surface area (Å²) in [5.74, 6) is -2.25. The molecular weight excluding hydrogens is 325 g/mol. The number of ketones is 1. The molecule has 0 spiro atoms. The normalized spacial score (nSPS) is 12.0. The molecule has 22 heavy (non-hydrogen) atoms. The maximum absolute atomic E-state index is 12.5. The molecule has 0 radical (unpaired) electrons. The Bertz CT molecular complexity index is 742. The lowest BCUT2D eigenvalue weighted by molar-refractivity contribution is -0.138. The van der Waals surface area contributed by atoms with Crippen molar-refractivity contribution in [2.24, 2.45) is 0 Å². The van der Waals surface area contributed by atoms with Gasteiger partial charge in [0.1, 0.15) is 0 Å². The summed E-state index contributed by atoms with van der Waals surface area (Å²) in [6, 6.07) is 9.24. The van der Waals surface area contributed by atoms with Gasteiger partial charge in [0.25, 0.3) is 0 Å². The van der Waals surface area contributed by atoms with Crippen molar-refractivity contribution in [1.29, 1.82) is 0 Å². The Hall–Kier alpha value is -2.04. The molecular formula is C16H13Cl2NO3. The van der Waals surface area contributed by atoms with Crippen molar-refractivity contribution in [3.05, 3.63) is 63.1 Å². The van der Waals surface area contributed by atoms with Crippen LogP contribution in [0.2, 0.25) is 10.0 Å². The zero-order chi connectivity index (χ0) is 16.4. The van der Waals surface area contributed by atoms with Crippen LogP contribution in [0.3, 0.4) is 0 Å². The third-order valence-corrected chi connectivity index (χ3v) is 3.83. The van der Waals surface area contributed by atoms with Gasteiger partial charge in [-0.15, -0.1) is 0 Å². The molecule has 2 aromatic carbocycles. The Balaban J connectivity index is 2.53. The summed E-state index contributed by atoms with van der Waals surface area (Å²) < 4.78 is 0. The number of hydrogen-bond donors (Lipinski definition) is 2. The molecule has 0 heterocycles. The van der Waals surface area contributed by atoms with Gasteiger partial charge < -0.3 is 10.8 Å². The average molecular weight is 338 g/mol. The van der Waals surface area contributed by atoms with E-state index in [2.05, 4.69) is 0 Å². The summed E-state index contributed by atoms with van der Waals surface area (Å²) in [5.41, 5.74) is 7.01. The van der Waals surface area contributed by atoms with E-state index in [1.54, 1.807) is 24.3 Å². The molecule has 2 aromatic rings. The highest BCUT2D eigenvalue weighted by Gasteiger charge is 2.22. The van der Waals surface area contributed by atoms with Gasteiger partial charge in [0, 0.05) is 26.9 Å². The van der Waals surface area contributed by atoms with E-state index in [1.165, 1.54) is 19.1 Å². The van der Waals surface area contributed by atoms with Gasteiger partial charge in [0.15, 0.2) is 5.78 Å². The molecule has 4 nitrogen and oxygen atoms in total. The number of carbonyl (C=O) groups excluding carboxylic acids is 1. The summed E-state index contributed by atoms with van der Waals surface area (Å²) in [5, 5.41) is 9.90. The maximum atomic E-state index is 12.5. The summed E-state index contributed by atoms with van der Waals surface area (Å²) >= 11 is 11.8. The fraction of sp³-hybridized carbons (Fsp3) is 0.125. The number of rotatable bonds is 4. The van der Waals surface area contributed by atoms with E-state index >= 15 is 0 Å². The summed E-state index contributed by atoms with van der Waals surface area (Å²) in [6.45, 7) is 1.49. The van der Waals surface area contributed by atoms with Crippen molar-refractivity contribution >= 4 is 40.6 Å². The zero-order valence-electron chi connectivity index (χ0n) is 11.6. The number of carbonyl (C=O) groups is 2. The van der Waals surface area contributed by atoms with Gasteiger partial charge in [-0.3, -0.25) is 9.59 Å². The number of carboxylic acids is 1. The first-order valence-electron chi connectivity index (χ1n) is 6.43. The SMILES string of the molecule is CC(C(=O)O)c1cc(Cl)cc(C(=O)c2ccc(Cl)cc2)c1N. The van der Waals surface area contributed by atoms with Crippen molar-refractivity contribution in [3.8, 4) is 0 Å². The van der Waals surface area contributed by atoms with Gasteiger partial charge in [-0.25, -0.2) is 0 Å². The Kier molecular flexibility index (Phi) is 4.74. The van der Waals surface area contributed by atoms with E-state index < -0.39 is 11.9 Å². The fourth-order valence-electron chi connectivity index (χ4n) is 2.08. The smallest absolute Gasteiger partial charge is 0.310 e. The molecule has 0 fully saturated rings. The largest absolute Gasteiger partial charge is 0.481 e. The third-order valence-electron chi connectivity index (χ3n) is 3.36. The second kappa shape index (κ2) is 6.38. The molecule has 114 valence electrons. The lowest BCUT2D eigenvalue weighted by Gasteiger charge is -2.14. The van der Waals surface area contributed by atoms with E-state index in [9.17, 15) is 9.59 Å². The molecule has 0 amide bonds. The number of anilines is 1. The van der Waals surface area contributed by atoms with Crippen LogP contribution in [0.25, 0.3) is 0 Å². The maximum Gasteiger partial charge on any atom is 0.310 e. The van der Waals surface area contributed by atoms with Crippen LogP contribution in [0.1, 0.15) is 34.3 Å². The molecule has 0 saturated heterocycles. The minimum atomic E-state index is -1.04. The number of hydrogen-bond acceptors (Lipinski definition) is 3. The molecule has 0 aromatic heterocycles. The van der Waals surface area contributed by atoms with Gasteiger partial charge >= 0.3 is 5.97 Å². The Morgan fingerprint density at radius 1 is 1.09 bits per heavy atom. The Morgan fingerprint density at radius 3 is 2.23 bits per heavy atom. The first-order valence-corrected chi connectivity index (χ1v) is 7.19. The number of nitrogens with two attached hydrogens (primary N) is 1. The van der Waals surface area contributed by atoms with Crippen LogP contribution in [0.15, 0.2) is 36.4 Å². The molecule has 3 N–H and O–H groups in total. The van der Waals surface area contributed by atoms with Crippen molar-refractivity contribution in [1.82, 2.24) is 0 Å². The predicted molar refractivity (Wildman–Crippen MR) is 86.8 cm³/mol. The van der Waals surface area contributed by atoms with Crippen LogP contribution in [-0.4, -0.2) is 16.9 Å². The lowest BCUT2D eigenvalue weighted by atomic mass is 9.93. The monoisotopic (exact) mass is 337 g/mol. The molecule has 0 aliphatic heterocycles. The third kappa shape index (κ3) is 3.24. The number of benzene rings is 2. The van der Waals surface area contributed by atoms with Crippen molar-refractivity contribution in [2.75, 3.05) is 5.73 Å². The molecule has 0 aliphatic rings. The van der Waals surface area contributed by atoms with Crippen LogP contribution in [0.4, 0.5) is 5.69 Å². The van der Waals surface area contributed by atoms with Crippen LogP contribution >= 0.6 is 23.2 Å².